The number of carbonyl (C=O) groups excluding carboxylic acids is 1. The van der Waals surface area contributed by atoms with Gasteiger partial charge in [0.15, 0.2) is 0 Å². The summed E-state index contributed by atoms with van der Waals surface area (Å²) in [6, 6.07) is 1.61. The SMILES string of the molecule is Br.O=C(Cl)c1cncc(Br)c1. The second kappa shape index (κ2) is 4.85. The number of pyridine rings is 1. The summed E-state index contributed by atoms with van der Waals surface area (Å²) >= 11 is 8.33. The smallest absolute Gasteiger partial charge is 0.253 e. The first-order chi connectivity index (χ1) is 4.70. The highest BCUT2D eigenvalue weighted by Crippen LogP contribution is 2.10. The number of nitrogens with zero attached hydrogens (tertiary/aromatic N) is 1. The molecule has 1 aromatic heterocycles. The summed E-state index contributed by atoms with van der Waals surface area (Å²) in [5.74, 6) is 0. The summed E-state index contributed by atoms with van der Waals surface area (Å²) in [7, 11) is 0. The van der Waals surface area contributed by atoms with Crippen molar-refractivity contribution in [3.05, 3.63) is 28.5 Å². The van der Waals surface area contributed by atoms with E-state index < -0.39 is 5.24 Å². The molecule has 5 heteroatoms. The third-order valence-electron chi connectivity index (χ3n) is 0.932. The highest BCUT2D eigenvalue weighted by Gasteiger charge is 2.00. The van der Waals surface area contributed by atoms with E-state index in [2.05, 4.69) is 20.9 Å². The molecular weight excluding hydrogens is 297 g/mol. The van der Waals surface area contributed by atoms with E-state index in [-0.39, 0.29) is 17.0 Å². The summed E-state index contributed by atoms with van der Waals surface area (Å²) in [6.45, 7) is 0. The van der Waals surface area contributed by atoms with Gasteiger partial charge in [-0.15, -0.1) is 17.0 Å². The molecule has 0 spiro atoms. The normalized spacial score (nSPS) is 8.55. The van der Waals surface area contributed by atoms with Gasteiger partial charge in [0.25, 0.3) is 5.24 Å². The van der Waals surface area contributed by atoms with Crippen LogP contribution in [-0.4, -0.2) is 10.2 Å². The minimum Gasteiger partial charge on any atom is -0.276 e. The van der Waals surface area contributed by atoms with Crippen LogP contribution in [0.5, 0.6) is 0 Å². The van der Waals surface area contributed by atoms with Crippen LogP contribution in [0.25, 0.3) is 0 Å². The zero-order valence-corrected chi connectivity index (χ0v) is 9.31. The molecule has 0 aliphatic rings. The van der Waals surface area contributed by atoms with Crippen LogP contribution in [0.2, 0.25) is 0 Å². The topological polar surface area (TPSA) is 30.0 Å². The average Bonchev–Trinajstić information content (AvgIpc) is 1.88. The fourth-order valence-corrected chi connectivity index (χ4v) is 0.988. The number of aromatic nitrogens is 1. The minimum absolute atomic E-state index is 0. The Balaban J connectivity index is 0.000001000. The number of halogens is 3. The molecule has 0 aromatic carbocycles. The van der Waals surface area contributed by atoms with Gasteiger partial charge in [0.2, 0.25) is 0 Å². The maximum atomic E-state index is 10.5. The Bertz CT molecular complexity index is 267. The lowest BCUT2D eigenvalue weighted by atomic mass is 10.3. The molecule has 0 aliphatic heterocycles. The van der Waals surface area contributed by atoms with Crippen LogP contribution in [0, 0.1) is 0 Å². The van der Waals surface area contributed by atoms with Crippen LogP contribution < -0.4 is 0 Å². The third-order valence-corrected chi connectivity index (χ3v) is 1.58. The van der Waals surface area contributed by atoms with E-state index in [1.165, 1.54) is 6.20 Å². The summed E-state index contributed by atoms with van der Waals surface area (Å²) in [6.07, 6.45) is 3.00. The van der Waals surface area contributed by atoms with Gasteiger partial charge in [-0.2, -0.15) is 0 Å². The summed E-state index contributed by atoms with van der Waals surface area (Å²) < 4.78 is 0.749. The zero-order chi connectivity index (χ0) is 7.56. The van der Waals surface area contributed by atoms with Crippen LogP contribution >= 0.6 is 44.5 Å². The molecule has 0 saturated carbocycles. The van der Waals surface area contributed by atoms with E-state index in [1.54, 1.807) is 12.3 Å². The first kappa shape index (κ1) is 11.1. The van der Waals surface area contributed by atoms with Gasteiger partial charge >= 0.3 is 0 Å². The molecule has 0 aliphatic carbocycles. The lowest BCUT2D eigenvalue weighted by molar-refractivity contribution is 0.108. The molecule has 0 radical (unpaired) electrons. The third kappa shape index (κ3) is 3.31. The van der Waals surface area contributed by atoms with E-state index in [4.69, 9.17) is 11.6 Å². The lowest BCUT2D eigenvalue weighted by Crippen LogP contribution is -1.88. The second-order valence-corrected chi connectivity index (χ2v) is 2.92. The van der Waals surface area contributed by atoms with Gasteiger partial charge in [-0.1, -0.05) is 0 Å². The van der Waals surface area contributed by atoms with E-state index in [9.17, 15) is 4.79 Å². The average molecular weight is 301 g/mol. The van der Waals surface area contributed by atoms with E-state index in [0.717, 1.165) is 4.47 Å². The van der Waals surface area contributed by atoms with Gasteiger partial charge in [-0.25, -0.2) is 0 Å². The Hall–Kier alpha value is 0.0700. The molecule has 1 heterocycles. The summed E-state index contributed by atoms with van der Waals surface area (Å²) in [4.78, 5) is 14.3. The number of hydrogen-bond donors (Lipinski definition) is 0. The monoisotopic (exact) mass is 299 g/mol. The number of rotatable bonds is 1. The predicted octanol–water partition coefficient (Wildman–Crippen LogP) is 2.80. The Morgan fingerprint density at radius 1 is 1.55 bits per heavy atom. The van der Waals surface area contributed by atoms with Crippen molar-refractivity contribution in [1.82, 2.24) is 4.98 Å². The molecule has 0 saturated heterocycles. The molecule has 0 N–H and O–H groups in total. The van der Waals surface area contributed by atoms with Crippen molar-refractivity contribution in [3.63, 3.8) is 0 Å². The lowest BCUT2D eigenvalue weighted by Gasteiger charge is -1.91. The molecular formula is C6H4Br2ClNO. The summed E-state index contributed by atoms with van der Waals surface area (Å²) in [5, 5.41) is -0.492. The van der Waals surface area contributed by atoms with Crippen LogP contribution in [0.15, 0.2) is 22.9 Å². The molecule has 1 rings (SSSR count). The van der Waals surface area contributed by atoms with Gasteiger partial charge in [0.1, 0.15) is 0 Å². The molecule has 60 valence electrons. The van der Waals surface area contributed by atoms with Crippen molar-refractivity contribution in [3.8, 4) is 0 Å². The Morgan fingerprint density at radius 3 is 2.55 bits per heavy atom. The minimum atomic E-state index is -0.492. The maximum Gasteiger partial charge on any atom is 0.253 e. The van der Waals surface area contributed by atoms with E-state index in [1.807, 2.05) is 0 Å². The van der Waals surface area contributed by atoms with Crippen LogP contribution in [0.4, 0.5) is 0 Å². The molecule has 0 bridgehead atoms. The first-order valence-electron chi connectivity index (χ1n) is 2.50. The summed E-state index contributed by atoms with van der Waals surface area (Å²) in [5.41, 5.74) is 0.399. The van der Waals surface area contributed by atoms with Gasteiger partial charge in [-0.3, -0.25) is 9.78 Å². The van der Waals surface area contributed by atoms with Gasteiger partial charge < -0.3 is 0 Å². The van der Waals surface area contributed by atoms with Gasteiger partial charge in [0, 0.05) is 16.9 Å². The molecule has 11 heavy (non-hydrogen) atoms. The quantitative estimate of drug-likeness (QED) is 0.747. The fourth-order valence-electron chi connectivity index (χ4n) is 0.519. The molecule has 0 atom stereocenters. The first-order valence-corrected chi connectivity index (χ1v) is 3.67. The van der Waals surface area contributed by atoms with Crippen LogP contribution in [-0.2, 0) is 0 Å². The highest BCUT2D eigenvalue weighted by atomic mass is 79.9. The van der Waals surface area contributed by atoms with Crippen LogP contribution in [0.3, 0.4) is 0 Å². The molecule has 0 fully saturated rings. The van der Waals surface area contributed by atoms with Crippen molar-refractivity contribution < 1.29 is 4.79 Å². The Labute approximate surface area is 87.9 Å². The fraction of sp³-hybridized carbons (Fsp3) is 0. The molecule has 0 unspecified atom stereocenters. The predicted molar refractivity (Wildman–Crippen MR) is 52.4 cm³/mol. The standard InChI is InChI=1S/C6H3BrClNO.BrH/c7-5-1-4(6(8)10)2-9-3-5;/h1-3H;1H. The van der Waals surface area contributed by atoms with Crippen molar-refractivity contribution in [2.45, 2.75) is 0 Å². The zero-order valence-electron chi connectivity index (χ0n) is 5.25. The molecule has 2 nitrogen and oxygen atoms in total. The Kier molecular flexibility index (Phi) is 4.88. The van der Waals surface area contributed by atoms with Crippen molar-refractivity contribution in [2.75, 3.05) is 0 Å². The second-order valence-electron chi connectivity index (χ2n) is 1.67. The Morgan fingerprint density at radius 2 is 2.18 bits per heavy atom. The van der Waals surface area contributed by atoms with Crippen molar-refractivity contribution in [1.29, 1.82) is 0 Å². The highest BCUT2D eigenvalue weighted by molar-refractivity contribution is 9.10. The van der Waals surface area contributed by atoms with Crippen molar-refractivity contribution in [2.24, 2.45) is 0 Å². The largest absolute Gasteiger partial charge is 0.276 e. The molecule has 1 aromatic rings. The van der Waals surface area contributed by atoms with E-state index >= 15 is 0 Å². The maximum absolute atomic E-state index is 10.5. The molecule has 0 amide bonds. The van der Waals surface area contributed by atoms with Gasteiger partial charge in [0.05, 0.1) is 5.56 Å². The number of carbonyl (C=O) groups is 1. The van der Waals surface area contributed by atoms with Gasteiger partial charge in [-0.05, 0) is 33.6 Å². The van der Waals surface area contributed by atoms with Crippen LogP contribution in [0.1, 0.15) is 10.4 Å². The van der Waals surface area contributed by atoms with Crippen molar-refractivity contribution >= 4 is 49.8 Å². The number of hydrogen-bond acceptors (Lipinski definition) is 2. The van der Waals surface area contributed by atoms with E-state index in [0.29, 0.717) is 5.56 Å².